The number of amides is 2. The van der Waals surface area contributed by atoms with Gasteiger partial charge in [0.15, 0.2) is 5.52 Å². The van der Waals surface area contributed by atoms with Gasteiger partial charge in [-0.05, 0) is 24.1 Å². The van der Waals surface area contributed by atoms with Crippen LogP contribution in [0.1, 0.15) is 15.9 Å². The first kappa shape index (κ1) is 19.6. The van der Waals surface area contributed by atoms with E-state index >= 15 is 0 Å². The number of non-ortho nitro benzene ring substituents is 1. The zero-order chi connectivity index (χ0) is 20.3. The van der Waals surface area contributed by atoms with Gasteiger partial charge in [-0.25, -0.2) is 0 Å². The SMILES string of the molecule is NC(=O)C(CNC(=O)c1cc([N+](=O)[O-])c2nsnc2c1)Cc1ccccc1Cl. The number of nitrogens with two attached hydrogens (primary N) is 1. The smallest absolute Gasteiger partial charge is 0.299 e. The molecule has 3 aromatic rings. The monoisotopic (exact) mass is 419 g/mol. The fraction of sp³-hybridized carbons (Fsp3) is 0.176. The molecule has 0 bridgehead atoms. The van der Waals surface area contributed by atoms with E-state index in [4.69, 9.17) is 17.3 Å². The van der Waals surface area contributed by atoms with Crippen molar-refractivity contribution in [3.05, 3.63) is 62.7 Å². The molecule has 1 atom stereocenters. The molecule has 0 aliphatic rings. The number of nitro groups is 1. The Morgan fingerprint density at radius 2 is 2.04 bits per heavy atom. The molecule has 2 aromatic carbocycles. The van der Waals surface area contributed by atoms with Gasteiger partial charge in [-0.1, -0.05) is 29.8 Å². The Balaban J connectivity index is 1.76. The number of nitro benzene ring substituents is 1. The standard InChI is InChI=1S/C17H14ClN5O4S/c18-12-4-2-1-3-9(12)5-11(16(19)24)8-20-17(25)10-6-13-15(22-28-21-13)14(7-10)23(26)27/h1-4,6-7,11H,5,8H2,(H2,19,24)(H,20,25). The van der Waals surface area contributed by atoms with E-state index < -0.39 is 22.7 Å². The largest absolute Gasteiger partial charge is 0.369 e. The number of rotatable bonds is 7. The minimum Gasteiger partial charge on any atom is -0.369 e. The number of halogens is 1. The van der Waals surface area contributed by atoms with Crippen LogP contribution in [0.25, 0.3) is 11.0 Å². The van der Waals surface area contributed by atoms with Gasteiger partial charge in [0.25, 0.3) is 11.6 Å². The Kier molecular flexibility index (Phi) is 5.81. The molecular formula is C17H14ClN5O4S. The van der Waals surface area contributed by atoms with E-state index in [2.05, 4.69) is 14.1 Å². The number of hydrogen-bond acceptors (Lipinski definition) is 7. The summed E-state index contributed by atoms with van der Waals surface area (Å²) in [7, 11) is 0. The molecule has 9 nitrogen and oxygen atoms in total. The van der Waals surface area contributed by atoms with Gasteiger partial charge in [0.2, 0.25) is 5.91 Å². The van der Waals surface area contributed by atoms with Crippen LogP contribution in [0.2, 0.25) is 5.02 Å². The summed E-state index contributed by atoms with van der Waals surface area (Å²) < 4.78 is 7.83. The highest BCUT2D eigenvalue weighted by Gasteiger charge is 2.22. The third kappa shape index (κ3) is 4.24. The van der Waals surface area contributed by atoms with E-state index in [1.165, 1.54) is 6.07 Å². The molecule has 0 radical (unpaired) electrons. The van der Waals surface area contributed by atoms with Crippen molar-refractivity contribution in [2.24, 2.45) is 11.7 Å². The van der Waals surface area contributed by atoms with E-state index in [1.54, 1.807) is 24.3 Å². The van der Waals surface area contributed by atoms with E-state index in [1.807, 2.05) is 0 Å². The van der Waals surface area contributed by atoms with E-state index in [0.717, 1.165) is 23.4 Å². The predicted molar refractivity (Wildman–Crippen MR) is 104 cm³/mol. The molecule has 3 N–H and O–H groups in total. The lowest BCUT2D eigenvalue weighted by Gasteiger charge is -2.15. The van der Waals surface area contributed by atoms with Crippen LogP contribution in [0.4, 0.5) is 5.69 Å². The molecule has 0 aliphatic heterocycles. The highest BCUT2D eigenvalue weighted by Crippen LogP contribution is 2.26. The molecule has 0 spiro atoms. The summed E-state index contributed by atoms with van der Waals surface area (Å²) in [6.45, 7) is -0.0411. The van der Waals surface area contributed by atoms with Gasteiger partial charge in [-0.3, -0.25) is 19.7 Å². The maximum absolute atomic E-state index is 12.5. The number of hydrogen-bond donors (Lipinski definition) is 2. The van der Waals surface area contributed by atoms with Crippen molar-refractivity contribution in [3.8, 4) is 0 Å². The molecule has 28 heavy (non-hydrogen) atoms. The maximum atomic E-state index is 12.5. The Morgan fingerprint density at radius 3 is 2.71 bits per heavy atom. The number of benzene rings is 2. The van der Waals surface area contributed by atoms with Crippen molar-refractivity contribution in [1.82, 2.24) is 14.1 Å². The van der Waals surface area contributed by atoms with Crippen molar-refractivity contribution in [1.29, 1.82) is 0 Å². The fourth-order valence-electron chi connectivity index (χ4n) is 2.66. The third-order valence-electron chi connectivity index (χ3n) is 4.14. The number of fused-ring (bicyclic) bond motifs is 1. The van der Waals surface area contributed by atoms with Gasteiger partial charge in [-0.15, -0.1) is 0 Å². The molecule has 144 valence electrons. The number of carbonyl (C=O) groups is 2. The highest BCUT2D eigenvalue weighted by molar-refractivity contribution is 7.00. The summed E-state index contributed by atoms with van der Waals surface area (Å²) in [4.78, 5) is 34.8. The van der Waals surface area contributed by atoms with Crippen LogP contribution >= 0.6 is 23.3 Å². The van der Waals surface area contributed by atoms with Crippen LogP contribution in [0.3, 0.4) is 0 Å². The second kappa shape index (κ2) is 8.28. The average molecular weight is 420 g/mol. The summed E-state index contributed by atoms with van der Waals surface area (Å²) in [6.07, 6.45) is 0.254. The van der Waals surface area contributed by atoms with Crippen LogP contribution < -0.4 is 11.1 Å². The Hall–Kier alpha value is -3.11. The zero-order valence-corrected chi connectivity index (χ0v) is 15.9. The van der Waals surface area contributed by atoms with Crippen LogP contribution in [0, 0.1) is 16.0 Å². The fourth-order valence-corrected chi connectivity index (χ4v) is 3.41. The van der Waals surface area contributed by atoms with Crippen molar-refractivity contribution < 1.29 is 14.5 Å². The normalized spacial score (nSPS) is 11.9. The minimum atomic E-state index is -0.691. The van der Waals surface area contributed by atoms with Crippen LogP contribution in [-0.2, 0) is 11.2 Å². The molecule has 1 aromatic heterocycles. The summed E-state index contributed by atoms with van der Waals surface area (Å²) in [5, 5.41) is 14.3. The maximum Gasteiger partial charge on any atom is 0.299 e. The number of aromatic nitrogens is 2. The van der Waals surface area contributed by atoms with E-state index in [0.29, 0.717) is 5.02 Å². The molecule has 0 fully saturated rings. The Labute approximate surface area is 168 Å². The number of carbonyl (C=O) groups excluding carboxylic acids is 2. The number of nitrogens with one attached hydrogen (secondary N) is 1. The Morgan fingerprint density at radius 1 is 1.29 bits per heavy atom. The summed E-state index contributed by atoms with van der Waals surface area (Å²) >= 11 is 6.93. The first-order valence-electron chi connectivity index (χ1n) is 8.08. The molecule has 2 amide bonds. The van der Waals surface area contributed by atoms with Crippen LogP contribution in [-0.4, -0.2) is 32.0 Å². The minimum absolute atomic E-state index is 0.0411. The average Bonchev–Trinajstić information content (AvgIpc) is 3.13. The molecule has 1 unspecified atom stereocenters. The van der Waals surface area contributed by atoms with Gasteiger partial charge >= 0.3 is 0 Å². The lowest BCUT2D eigenvalue weighted by Crippen LogP contribution is -2.37. The van der Waals surface area contributed by atoms with Gasteiger partial charge < -0.3 is 11.1 Å². The van der Waals surface area contributed by atoms with Gasteiger partial charge in [0.1, 0.15) is 5.52 Å². The molecule has 3 rings (SSSR count). The molecule has 1 heterocycles. The van der Waals surface area contributed by atoms with E-state index in [9.17, 15) is 19.7 Å². The lowest BCUT2D eigenvalue weighted by molar-refractivity contribution is -0.383. The van der Waals surface area contributed by atoms with Crippen LogP contribution in [0.5, 0.6) is 0 Å². The Bertz CT molecular complexity index is 1070. The first-order chi connectivity index (χ1) is 13.4. The summed E-state index contributed by atoms with van der Waals surface area (Å²) in [6, 6.07) is 9.56. The second-order valence-corrected chi connectivity index (χ2v) is 6.92. The van der Waals surface area contributed by atoms with Crippen molar-refractivity contribution in [3.63, 3.8) is 0 Å². The predicted octanol–water partition coefficient (Wildman–Crippen LogP) is 2.33. The van der Waals surface area contributed by atoms with Crippen LogP contribution in [0.15, 0.2) is 36.4 Å². The quantitative estimate of drug-likeness (QED) is 0.444. The second-order valence-electron chi connectivity index (χ2n) is 5.99. The number of nitrogens with zero attached hydrogens (tertiary/aromatic N) is 3. The summed E-state index contributed by atoms with van der Waals surface area (Å²) in [5.41, 5.74) is 6.30. The number of primary amides is 1. The van der Waals surface area contributed by atoms with Crippen molar-refractivity contribution in [2.45, 2.75) is 6.42 Å². The van der Waals surface area contributed by atoms with Gasteiger partial charge in [0.05, 0.1) is 22.6 Å². The third-order valence-corrected chi connectivity index (χ3v) is 5.05. The van der Waals surface area contributed by atoms with Gasteiger partial charge in [0, 0.05) is 23.2 Å². The molecule has 0 saturated carbocycles. The topological polar surface area (TPSA) is 141 Å². The molecular weight excluding hydrogens is 406 g/mol. The molecule has 0 saturated heterocycles. The van der Waals surface area contributed by atoms with E-state index in [-0.39, 0.29) is 35.2 Å². The zero-order valence-electron chi connectivity index (χ0n) is 14.3. The molecule has 0 aliphatic carbocycles. The van der Waals surface area contributed by atoms with Crippen molar-refractivity contribution in [2.75, 3.05) is 6.54 Å². The first-order valence-corrected chi connectivity index (χ1v) is 9.19. The lowest BCUT2D eigenvalue weighted by atomic mass is 9.98. The highest BCUT2D eigenvalue weighted by atomic mass is 35.5. The molecule has 11 heteroatoms. The summed E-state index contributed by atoms with van der Waals surface area (Å²) in [5.74, 6) is -1.86. The van der Waals surface area contributed by atoms with Gasteiger partial charge in [-0.2, -0.15) is 8.75 Å². The van der Waals surface area contributed by atoms with Crippen molar-refractivity contribution >= 4 is 51.9 Å².